The van der Waals surface area contributed by atoms with E-state index in [1.54, 1.807) is 0 Å². The fourth-order valence-electron chi connectivity index (χ4n) is 9.78. The number of rotatable bonds is 7. The Bertz CT molecular complexity index is 3880. The molecule has 13 aromatic rings. The molecule has 0 fully saturated rings. The van der Waals surface area contributed by atoms with E-state index in [-0.39, 0.29) is 0 Å². The number of furan rings is 3. The molecule has 3 heterocycles. The van der Waals surface area contributed by atoms with Crippen LogP contribution in [0.5, 0.6) is 0 Å². The summed E-state index contributed by atoms with van der Waals surface area (Å²) < 4.78 is 21.1. The Morgan fingerprint density at radius 2 is 0.828 bits per heavy atom. The van der Waals surface area contributed by atoms with Crippen molar-refractivity contribution in [3.63, 3.8) is 0 Å². The van der Waals surface area contributed by atoms with Gasteiger partial charge in [-0.05, 0) is 76.3 Å². The molecule has 3 aromatic heterocycles. The van der Waals surface area contributed by atoms with Crippen molar-refractivity contribution in [2.75, 3.05) is 4.90 Å². The summed E-state index contributed by atoms with van der Waals surface area (Å²) in [7, 11) is 0. The summed E-state index contributed by atoms with van der Waals surface area (Å²) in [5.41, 5.74) is 16.3. The third kappa shape index (κ3) is 5.63. The lowest BCUT2D eigenvalue weighted by Crippen LogP contribution is -2.12. The van der Waals surface area contributed by atoms with Crippen molar-refractivity contribution < 1.29 is 13.3 Å². The maximum atomic E-state index is 7.15. The van der Waals surface area contributed by atoms with E-state index in [0.717, 1.165) is 127 Å². The lowest BCUT2D eigenvalue weighted by atomic mass is 9.95. The molecular weight excluding hydrogens is 783 g/mol. The van der Waals surface area contributed by atoms with Gasteiger partial charge in [0.05, 0.1) is 27.8 Å². The molecule has 300 valence electrons. The van der Waals surface area contributed by atoms with Gasteiger partial charge in [0.15, 0.2) is 5.58 Å². The van der Waals surface area contributed by atoms with Crippen molar-refractivity contribution in [3.05, 3.63) is 224 Å². The summed E-state index contributed by atoms with van der Waals surface area (Å²) in [5, 5.41) is 6.14. The molecule has 0 bridgehead atoms. The van der Waals surface area contributed by atoms with Gasteiger partial charge in [0.2, 0.25) is 0 Å². The van der Waals surface area contributed by atoms with Crippen LogP contribution >= 0.6 is 0 Å². The molecule has 4 heteroatoms. The van der Waals surface area contributed by atoms with Crippen molar-refractivity contribution in [3.8, 4) is 44.5 Å². The van der Waals surface area contributed by atoms with Crippen LogP contribution in [0.25, 0.3) is 110 Å². The van der Waals surface area contributed by atoms with Gasteiger partial charge in [0, 0.05) is 38.2 Å². The highest BCUT2D eigenvalue weighted by Crippen LogP contribution is 2.54. The van der Waals surface area contributed by atoms with Crippen LogP contribution < -0.4 is 4.90 Å². The fraction of sp³-hybridized carbons (Fsp3) is 0. The predicted molar refractivity (Wildman–Crippen MR) is 265 cm³/mol. The van der Waals surface area contributed by atoms with Gasteiger partial charge in [-0.3, -0.25) is 0 Å². The Labute approximate surface area is 368 Å². The Kier molecular flexibility index (Phi) is 8.18. The van der Waals surface area contributed by atoms with Crippen LogP contribution in [0.2, 0.25) is 0 Å². The Morgan fingerprint density at radius 1 is 0.266 bits per heavy atom. The molecule has 0 aliphatic rings. The number of nitrogens with zero attached hydrogens (tertiary/aromatic N) is 1. The number of anilines is 3. The molecule has 0 spiro atoms. The lowest BCUT2D eigenvalue weighted by molar-refractivity contribution is 0.668. The molecule has 0 saturated heterocycles. The highest BCUT2D eigenvalue weighted by Gasteiger charge is 2.30. The minimum absolute atomic E-state index is 0.788. The highest BCUT2D eigenvalue weighted by molar-refractivity contribution is 6.24. The Hall–Kier alpha value is -8.60. The van der Waals surface area contributed by atoms with Crippen molar-refractivity contribution in [2.24, 2.45) is 0 Å². The Morgan fingerprint density at radius 3 is 1.56 bits per heavy atom. The average Bonchev–Trinajstić information content (AvgIpc) is 4.07. The first-order valence-corrected chi connectivity index (χ1v) is 21.7. The minimum atomic E-state index is 0.788. The lowest BCUT2D eigenvalue weighted by Gasteiger charge is -2.29. The van der Waals surface area contributed by atoms with Crippen molar-refractivity contribution in [1.29, 1.82) is 0 Å². The van der Waals surface area contributed by atoms with E-state index in [1.165, 1.54) is 0 Å². The monoisotopic (exact) mass is 819 g/mol. The second-order valence-electron chi connectivity index (χ2n) is 16.3. The van der Waals surface area contributed by atoms with Gasteiger partial charge in [0.1, 0.15) is 27.9 Å². The van der Waals surface area contributed by atoms with E-state index in [1.807, 2.05) is 6.07 Å². The van der Waals surface area contributed by atoms with Gasteiger partial charge >= 0.3 is 0 Å². The quantitative estimate of drug-likeness (QED) is 0.161. The summed E-state index contributed by atoms with van der Waals surface area (Å²) in [6, 6.07) is 78.9. The smallest absolute Gasteiger partial charge is 0.159 e. The number of para-hydroxylation sites is 3. The van der Waals surface area contributed by atoms with Gasteiger partial charge in [-0.1, -0.05) is 176 Å². The summed E-state index contributed by atoms with van der Waals surface area (Å²) in [4.78, 5) is 2.41. The topological polar surface area (TPSA) is 42.7 Å². The summed E-state index contributed by atoms with van der Waals surface area (Å²) >= 11 is 0. The predicted octanol–water partition coefficient (Wildman–Crippen LogP) is 17.5. The average molecular weight is 820 g/mol. The van der Waals surface area contributed by atoms with E-state index in [2.05, 4.69) is 223 Å². The molecule has 0 amide bonds. The third-order valence-corrected chi connectivity index (χ3v) is 12.7. The third-order valence-electron chi connectivity index (χ3n) is 12.7. The summed E-state index contributed by atoms with van der Waals surface area (Å²) in [6.45, 7) is 0. The minimum Gasteiger partial charge on any atom is -0.455 e. The molecule has 4 nitrogen and oxygen atoms in total. The van der Waals surface area contributed by atoms with E-state index < -0.39 is 0 Å². The van der Waals surface area contributed by atoms with E-state index in [4.69, 9.17) is 13.3 Å². The first kappa shape index (κ1) is 36.1. The van der Waals surface area contributed by atoms with E-state index >= 15 is 0 Å². The standard InChI is InChI=1S/C60H37NO3/c1-5-17-38(18-6-1)42-31-32-48-54(37-42)64-60-45(41-23-11-4-12-24-41)33-35-50(55(48)60)61(51-29-16-27-47-46-25-13-14-30-52(46)62-59(47)51)57-43(39-19-7-2-8-20-39)34-36-53-56(57)49-28-15-26-44(58(49)63-53)40-21-9-3-10-22-40/h1-37H. The number of fused-ring (bicyclic) bond motifs is 9. The fourth-order valence-corrected chi connectivity index (χ4v) is 9.78. The van der Waals surface area contributed by atoms with E-state index in [9.17, 15) is 0 Å². The molecule has 10 aromatic carbocycles. The van der Waals surface area contributed by atoms with Gasteiger partial charge < -0.3 is 18.2 Å². The van der Waals surface area contributed by atoms with Crippen LogP contribution in [0.4, 0.5) is 17.1 Å². The summed E-state index contributed by atoms with van der Waals surface area (Å²) in [5.74, 6) is 0. The maximum absolute atomic E-state index is 7.15. The second-order valence-corrected chi connectivity index (χ2v) is 16.3. The first-order chi connectivity index (χ1) is 31.8. The van der Waals surface area contributed by atoms with Crippen LogP contribution in [-0.4, -0.2) is 0 Å². The number of hydrogen-bond acceptors (Lipinski definition) is 4. The SMILES string of the molecule is c1ccc(-c2ccc3c(c2)oc2c(-c4ccccc4)ccc(N(c4cccc5c4oc4ccccc45)c4c(-c5ccccc5)ccc5oc6c(-c7ccccc7)cccc6c45)c23)cc1. The molecule has 13 rings (SSSR count). The normalized spacial score (nSPS) is 11.8. The molecule has 0 unspecified atom stereocenters. The van der Waals surface area contributed by atoms with E-state index in [0.29, 0.717) is 0 Å². The van der Waals surface area contributed by atoms with Crippen molar-refractivity contribution >= 4 is 82.9 Å². The summed E-state index contributed by atoms with van der Waals surface area (Å²) in [6.07, 6.45) is 0. The highest BCUT2D eigenvalue weighted by atomic mass is 16.3. The maximum Gasteiger partial charge on any atom is 0.159 e. The van der Waals surface area contributed by atoms with Gasteiger partial charge in [-0.15, -0.1) is 0 Å². The van der Waals surface area contributed by atoms with Crippen LogP contribution in [0.15, 0.2) is 238 Å². The van der Waals surface area contributed by atoms with Crippen LogP contribution in [-0.2, 0) is 0 Å². The Balaban J connectivity index is 1.21. The number of hydrogen-bond donors (Lipinski definition) is 0. The first-order valence-electron chi connectivity index (χ1n) is 21.7. The van der Waals surface area contributed by atoms with Gasteiger partial charge in [0.25, 0.3) is 0 Å². The largest absolute Gasteiger partial charge is 0.455 e. The van der Waals surface area contributed by atoms with Crippen LogP contribution in [0.1, 0.15) is 0 Å². The second kappa shape index (κ2) is 14.5. The molecule has 0 aliphatic heterocycles. The molecule has 0 N–H and O–H groups in total. The zero-order chi connectivity index (χ0) is 42.1. The van der Waals surface area contributed by atoms with Crippen LogP contribution in [0, 0.1) is 0 Å². The van der Waals surface area contributed by atoms with Gasteiger partial charge in [-0.25, -0.2) is 0 Å². The van der Waals surface area contributed by atoms with Crippen molar-refractivity contribution in [1.82, 2.24) is 0 Å². The zero-order valence-corrected chi connectivity index (χ0v) is 34.5. The molecular formula is C60H37NO3. The molecule has 0 aliphatic carbocycles. The molecule has 64 heavy (non-hydrogen) atoms. The molecule has 0 atom stereocenters. The molecule has 0 saturated carbocycles. The van der Waals surface area contributed by atoms with Gasteiger partial charge in [-0.2, -0.15) is 0 Å². The number of benzene rings is 10. The van der Waals surface area contributed by atoms with Crippen molar-refractivity contribution in [2.45, 2.75) is 0 Å². The van der Waals surface area contributed by atoms with Crippen LogP contribution in [0.3, 0.4) is 0 Å². The molecule has 0 radical (unpaired) electrons. The zero-order valence-electron chi connectivity index (χ0n) is 34.5.